The molecular weight excluding hydrogens is 250 g/mol. The number of aromatic nitrogens is 4. The molecule has 0 amide bonds. The van der Waals surface area contributed by atoms with Crippen LogP contribution in [-0.2, 0) is 19.4 Å². The molecule has 20 heavy (non-hydrogen) atoms. The number of rotatable bonds is 3. The highest BCUT2D eigenvalue weighted by Gasteiger charge is 2.18. The average molecular weight is 269 g/mol. The second kappa shape index (κ2) is 5.63. The van der Waals surface area contributed by atoms with Gasteiger partial charge in [-0.05, 0) is 37.9 Å². The van der Waals surface area contributed by atoms with Crippen LogP contribution in [0, 0.1) is 6.92 Å². The second-order valence-corrected chi connectivity index (χ2v) is 5.09. The van der Waals surface area contributed by atoms with Gasteiger partial charge in [0.15, 0.2) is 5.82 Å². The molecule has 0 atom stereocenters. The summed E-state index contributed by atoms with van der Waals surface area (Å²) in [5.74, 6) is 1.47. The summed E-state index contributed by atoms with van der Waals surface area (Å²) in [5, 5.41) is 3.38. The first kappa shape index (κ1) is 13.1. The first-order valence-corrected chi connectivity index (χ1v) is 7.17. The molecule has 5 nitrogen and oxygen atoms in total. The number of nitrogens with zero attached hydrogens (tertiary/aromatic N) is 4. The van der Waals surface area contributed by atoms with Crippen molar-refractivity contribution in [2.45, 2.75) is 39.7 Å². The minimum atomic E-state index is 0.724. The summed E-state index contributed by atoms with van der Waals surface area (Å²) in [4.78, 5) is 18.0. The van der Waals surface area contributed by atoms with Crippen LogP contribution in [0.3, 0.4) is 0 Å². The third kappa shape index (κ3) is 2.54. The molecule has 0 unspecified atom stereocenters. The van der Waals surface area contributed by atoms with Gasteiger partial charge in [-0.15, -0.1) is 0 Å². The Bertz CT molecular complexity index is 624. The van der Waals surface area contributed by atoms with Crippen LogP contribution in [0.2, 0.25) is 0 Å². The smallest absolute Gasteiger partial charge is 0.178 e. The third-order valence-corrected chi connectivity index (χ3v) is 3.51. The Kier molecular flexibility index (Phi) is 3.69. The molecule has 0 spiro atoms. The van der Waals surface area contributed by atoms with Gasteiger partial charge >= 0.3 is 0 Å². The Balaban J connectivity index is 2.10. The minimum Gasteiger partial charge on any atom is -0.311 e. The molecule has 2 aromatic heterocycles. The fourth-order valence-corrected chi connectivity index (χ4v) is 2.58. The third-order valence-electron chi connectivity index (χ3n) is 3.51. The maximum atomic E-state index is 4.76. The molecule has 0 radical (unpaired) electrons. The first-order valence-electron chi connectivity index (χ1n) is 7.17. The highest BCUT2D eigenvalue weighted by molar-refractivity contribution is 5.50. The monoisotopic (exact) mass is 269 g/mol. The number of hydrogen-bond acceptors (Lipinski definition) is 5. The van der Waals surface area contributed by atoms with Gasteiger partial charge in [-0.3, -0.25) is 0 Å². The van der Waals surface area contributed by atoms with Crippen LogP contribution in [0.25, 0.3) is 11.5 Å². The molecular formula is C15H19N5. The Morgan fingerprint density at radius 2 is 2.15 bits per heavy atom. The zero-order valence-corrected chi connectivity index (χ0v) is 12.0. The summed E-state index contributed by atoms with van der Waals surface area (Å²) in [5.41, 5.74) is 4.45. The Labute approximate surface area is 118 Å². The molecule has 1 aliphatic rings. The van der Waals surface area contributed by atoms with Crippen molar-refractivity contribution in [2.75, 3.05) is 6.54 Å². The summed E-state index contributed by atoms with van der Waals surface area (Å²) in [7, 11) is 0. The van der Waals surface area contributed by atoms with Crippen LogP contribution in [0.1, 0.15) is 36.1 Å². The van der Waals surface area contributed by atoms with Gasteiger partial charge in [0.25, 0.3) is 0 Å². The molecule has 104 valence electrons. The summed E-state index contributed by atoms with van der Waals surface area (Å²) in [6.07, 6.45) is 4.88. The summed E-state index contributed by atoms with van der Waals surface area (Å²) in [6.45, 7) is 5.91. The molecule has 0 aliphatic carbocycles. The van der Waals surface area contributed by atoms with Gasteiger partial charge in [-0.25, -0.2) is 19.9 Å². The molecule has 3 rings (SSSR count). The Hall–Kier alpha value is -1.88. The molecule has 0 bridgehead atoms. The predicted molar refractivity (Wildman–Crippen MR) is 77.2 cm³/mol. The lowest BCUT2D eigenvalue weighted by Crippen LogP contribution is -2.26. The van der Waals surface area contributed by atoms with E-state index < -0.39 is 0 Å². The van der Waals surface area contributed by atoms with Crippen molar-refractivity contribution in [3.8, 4) is 11.5 Å². The van der Waals surface area contributed by atoms with Crippen molar-refractivity contribution in [1.29, 1.82) is 0 Å². The van der Waals surface area contributed by atoms with Gasteiger partial charge in [-0.1, -0.05) is 13.3 Å². The second-order valence-electron chi connectivity index (χ2n) is 5.09. The largest absolute Gasteiger partial charge is 0.311 e. The lowest BCUT2D eigenvalue weighted by molar-refractivity contribution is 0.614. The quantitative estimate of drug-likeness (QED) is 0.921. The van der Waals surface area contributed by atoms with Crippen LogP contribution < -0.4 is 5.32 Å². The standard InChI is InChI=1S/C15H19N5/c1-3-4-12-11-5-7-16-9-14(11)20-15(19-12)13-6-8-17-10(2)18-13/h6,8,16H,3-5,7,9H2,1-2H3. The van der Waals surface area contributed by atoms with Gasteiger partial charge in [0, 0.05) is 18.4 Å². The first-order chi connectivity index (χ1) is 9.78. The maximum absolute atomic E-state index is 4.76. The lowest BCUT2D eigenvalue weighted by Gasteiger charge is -2.19. The number of aryl methyl sites for hydroxylation is 2. The van der Waals surface area contributed by atoms with E-state index in [1.807, 2.05) is 13.0 Å². The Morgan fingerprint density at radius 1 is 1.25 bits per heavy atom. The average Bonchev–Trinajstić information content (AvgIpc) is 2.47. The van der Waals surface area contributed by atoms with Crippen molar-refractivity contribution >= 4 is 0 Å². The van der Waals surface area contributed by atoms with Gasteiger partial charge in [0.05, 0.1) is 5.69 Å². The maximum Gasteiger partial charge on any atom is 0.178 e. The van der Waals surface area contributed by atoms with E-state index in [2.05, 4.69) is 22.2 Å². The van der Waals surface area contributed by atoms with E-state index in [1.165, 1.54) is 11.3 Å². The number of hydrogen-bond donors (Lipinski definition) is 1. The van der Waals surface area contributed by atoms with Crippen LogP contribution in [0.5, 0.6) is 0 Å². The predicted octanol–water partition coefficient (Wildman–Crippen LogP) is 1.84. The van der Waals surface area contributed by atoms with Crippen molar-refractivity contribution in [1.82, 2.24) is 25.3 Å². The van der Waals surface area contributed by atoms with E-state index in [0.29, 0.717) is 0 Å². The highest BCUT2D eigenvalue weighted by Crippen LogP contribution is 2.21. The van der Waals surface area contributed by atoms with E-state index >= 15 is 0 Å². The van der Waals surface area contributed by atoms with Gasteiger partial charge in [-0.2, -0.15) is 0 Å². The van der Waals surface area contributed by atoms with Crippen molar-refractivity contribution in [3.63, 3.8) is 0 Å². The van der Waals surface area contributed by atoms with E-state index in [9.17, 15) is 0 Å². The SMILES string of the molecule is CCCc1nc(-c2ccnc(C)n2)nc2c1CCNC2. The zero-order chi connectivity index (χ0) is 13.9. The van der Waals surface area contributed by atoms with Crippen LogP contribution in [0.15, 0.2) is 12.3 Å². The molecule has 2 aromatic rings. The number of nitrogens with one attached hydrogen (secondary N) is 1. The molecule has 5 heteroatoms. The number of fused-ring (bicyclic) bond motifs is 1. The molecule has 0 aromatic carbocycles. The molecule has 0 saturated heterocycles. The lowest BCUT2D eigenvalue weighted by atomic mass is 10.0. The summed E-state index contributed by atoms with van der Waals surface area (Å²) >= 11 is 0. The van der Waals surface area contributed by atoms with Gasteiger partial charge in [0.1, 0.15) is 11.5 Å². The van der Waals surface area contributed by atoms with E-state index in [1.54, 1.807) is 6.20 Å². The van der Waals surface area contributed by atoms with E-state index in [-0.39, 0.29) is 0 Å². The van der Waals surface area contributed by atoms with Crippen molar-refractivity contribution in [3.05, 3.63) is 35.0 Å². The van der Waals surface area contributed by atoms with Gasteiger partial charge < -0.3 is 5.32 Å². The fourth-order valence-electron chi connectivity index (χ4n) is 2.58. The van der Waals surface area contributed by atoms with Crippen molar-refractivity contribution in [2.24, 2.45) is 0 Å². The summed E-state index contributed by atoms with van der Waals surface area (Å²) in [6, 6.07) is 1.88. The van der Waals surface area contributed by atoms with Crippen LogP contribution in [0.4, 0.5) is 0 Å². The van der Waals surface area contributed by atoms with Crippen LogP contribution >= 0.6 is 0 Å². The molecule has 1 N–H and O–H groups in total. The molecule has 3 heterocycles. The topological polar surface area (TPSA) is 63.6 Å². The molecule has 1 aliphatic heterocycles. The Morgan fingerprint density at radius 3 is 2.95 bits per heavy atom. The van der Waals surface area contributed by atoms with Crippen molar-refractivity contribution < 1.29 is 0 Å². The minimum absolute atomic E-state index is 0.724. The van der Waals surface area contributed by atoms with E-state index in [0.717, 1.165) is 55.4 Å². The molecule has 0 fully saturated rings. The zero-order valence-electron chi connectivity index (χ0n) is 12.0. The van der Waals surface area contributed by atoms with E-state index in [4.69, 9.17) is 9.97 Å². The van der Waals surface area contributed by atoms with Crippen LogP contribution in [-0.4, -0.2) is 26.5 Å². The highest BCUT2D eigenvalue weighted by atomic mass is 15.0. The molecule has 0 saturated carbocycles. The summed E-state index contributed by atoms with van der Waals surface area (Å²) < 4.78 is 0. The fraction of sp³-hybridized carbons (Fsp3) is 0.467. The normalized spacial score (nSPS) is 14.1. The van der Waals surface area contributed by atoms with Gasteiger partial charge in [0.2, 0.25) is 0 Å².